The summed E-state index contributed by atoms with van der Waals surface area (Å²) in [6.45, 7) is -0.431. The Kier molecular flexibility index (Phi) is 7.01. The summed E-state index contributed by atoms with van der Waals surface area (Å²) >= 11 is 0. The highest BCUT2D eigenvalue weighted by molar-refractivity contribution is 5.97. The summed E-state index contributed by atoms with van der Waals surface area (Å²) in [5.41, 5.74) is 1.31. The van der Waals surface area contributed by atoms with Crippen LogP contribution in [-0.4, -0.2) is 43.4 Å². The fraction of sp³-hybridized carbons (Fsp3) is 0.125. The van der Waals surface area contributed by atoms with Crippen molar-refractivity contribution in [3.05, 3.63) is 90.0 Å². The molecule has 7 nitrogen and oxygen atoms in total. The van der Waals surface area contributed by atoms with Crippen LogP contribution in [0, 0.1) is 0 Å². The van der Waals surface area contributed by atoms with Crippen LogP contribution in [0.2, 0.25) is 0 Å². The van der Waals surface area contributed by atoms with Crippen molar-refractivity contribution in [3.63, 3.8) is 0 Å². The molecular formula is C24H22N2O5. The van der Waals surface area contributed by atoms with Gasteiger partial charge in [0.1, 0.15) is 11.5 Å². The fourth-order valence-electron chi connectivity index (χ4n) is 2.65. The number of anilines is 1. The quantitative estimate of drug-likeness (QED) is 0.587. The van der Waals surface area contributed by atoms with E-state index < -0.39 is 18.5 Å². The van der Waals surface area contributed by atoms with Gasteiger partial charge in [-0.2, -0.15) is 0 Å². The fourth-order valence-corrected chi connectivity index (χ4v) is 2.65. The summed E-state index contributed by atoms with van der Waals surface area (Å²) in [5, 5.41) is 2.62. The standard InChI is InChI=1S/C24H22N2O5/c1-26(2)23(28)17-8-12-19(13-9-17)25-22(27)16-30-24(29)18-10-14-21(15-11-18)31-20-6-4-3-5-7-20/h3-15H,16H2,1-2H3,(H,25,27). The molecular weight excluding hydrogens is 396 g/mol. The van der Waals surface area contributed by atoms with Gasteiger partial charge < -0.3 is 19.7 Å². The predicted molar refractivity (Wildman–Crippen MR) is 116 cm³/mol. The van der Waals surface area contributed by atoms with E-state index in [2.05, 4.69) is 5.32 Å². The van der Waals surface area contributed by atoms with Crippen molar-refractivity contribution in [2.75, 3.05) is 26.0 Å². The number of carbonyl (C=O) groups is 3. The molecule has 0 saturated carbocycles. The van der Waals surface area contributed by atoms with Gasteiger partial charge in [0.2, 0.25) is 0 Å². The normalized spacial score (nSPS) is 10.1. The minimum atomic E-state index is -0.617. The van der Waals surface area contributed by atoms with Crippen molar-refractivity contribution in [2.45, 2.75) is 0 Å². The van der Waals surface area contributed by atoms with Gasteiger partial charge in [-0.25, -0.2) is 4.79 Å². The Morgan fingerprint density at radius 3 is 1.97 bits per heavy atom. The molecule has 0 heterocycles. The van der Waals surface area contributed by atoms with Gasteiger partial charge in [-0.15, -0.1) is 0 Å². The summed E-state index contributed by atoms with van der Waals surface area (Å²) in [6, 6.07) is 22.2. The molecule has 2 amide bonds. The smallest absolute Gasteiger partial charge is 0.338 e. The molecule has 3 aromatic carbocycles. The van der Waals surface area contributed by atoms with E-state index >= 15 is 0 Å². The summed E-state index contributed by atoms with van der Waals surface area (Å²) in [4.78, 5) is 37.6. The van der Waals surface area contributed by atoms with E-state index in [1.807, 2.05) is 30.3 Å². The molecule has 3 aromatic rings. The number of nitrogens with one attached hydrogen (secondary N) is 1. The van der Waals surface area contributed by atoms with Crippen LogP contribution in [-0.2, 0) is 9.53 Å². The topological polar surface area (TPSA) is 84.9 Å². The van der Waals surface area contributed by atoms with E-state index in [9.17, 15) is 14.4 Å². The SMILES string of the molecule is CN(C)C(=O)c1ccc(NC(=O)COC(=O)c2ccc(Oc3ccccc3)cc2)cc1. The van der Waals surface area contributed by atoms with E-state index in [-0.39, 0.29) is 5.91 Å². The summed E-state index contributed by atoms with van der Waals surface area (Å²) in [7, 11) is 3.33. The number of esters is 1. The lowest BCUT2D eigenvalue weighted by atomic mass is 10.2. The van der Waals surface area contributed by atoms with Crippen molar-refractivity contribution >= 4 is 23.5 Å². The second-order valence-corrected chi connectivity index (χ2v) is 6.84. The molecule has 0 atom stereocenters. The van der Waals surface area contributed by atoms with Crippen LogP contribution in [0.15, 0.2) is 78.9 Å². The number of hydrogen-bond donors (Lipinski definition) is 1. The first kappa shape index (κ1) is 21.6. The summed E-state index contributed by atoms with van der Waals surface area (Å²) in [5.74, 6) is 0.0368. The lowest BCUT2D eigenvalue weighted by Crippen LogP contribution is -2.22. The monoisotopic (exact) mass is 418 g/mol. The van der Waals surface area contributed by atoms with E-state index in [1.165, 1.54) is 4.90 Å². The lowest BCUT2D eigenvalue weighted by Gasteiger charge is -2.11. The van der Waals surface area contributed by atoms with Gasteiger partial charge in [0.15, 0.2) is 6.61 Å². The van der Waals surface area contributed by atoms with Crippen LogP contribution >= 0.6 is 0 Å². The Morgan fingerprint density at radius 2 is 1.35 bits per heavy atom. The minimum Gasteiger partial charge on any atom is -0.457 e. The third kappa shape index (κ3) is 6.17. The number of ether oxygens (including phenoxy) is 2. The first-order chi connectivity index (χ1) is 14.9. The molecule has 7 heteroatoms. The zero-order chi connectivity index (χ0) is 22.2. The minimum absolute atomic E-state index is 0.132. The molecule has 0 radical (unpaired) electrons. The molecule has 0 aliphatic heterocycles. The second kappa shape index (κ2) is 10.1. The van der Waals surface area contributed by atoms with Gasteiger partial charge >= 0.3 is 5.97 Å². The highest BCUT2D eigenvalue weighted by Crippen LogP contribution is 2.21. The largest absolute Gasteiger partial charge is 0.457 e. The first-order valence-corrected chi connectivity index (χ1v) is 9.54. The number of carbonyl (C=O) groups excluding carboxylic acids is 3. The Labute approximate surface area is 180 Å². The average Bonchev–Trinajstić information content (AvgIpc) is 2.78. The molecule has 0 aromatic heterocycles. The maximum Gasteiger partial charge on any atom is 0.338 e. The Hall–Kier alpha value is -4.13. The third-order valence-corrected chi connectivity index (χ3v) is 4.23. The second-order valence-electron chi connectivity index (χ2n) is 6.84. The molecule has 0 aliphatic rings. The molecule has 0 spiro atoms. The maximum absolute atomic E-state index is 12.2. The molecule has 0 bridgehead atoms. The van der Waals surface area contributed by atoms with Crippen LogP contribution in [0.25, 0.3) is 0 Å². The van der Waals surface area contributed by atoms with Crippen molar-refractivity contribution in [1.82, 2.24) is 4.90 Å². The number of amides is 2. The van der Waals surface area contributed by atoms with Gasteiger partial charge in [-0.3, -0.25) is 9.59 Å². The van der Waals surface area contributed by atoms with E-state index in [1.54, 1.807) is 62.6 Å². The number of para-hydroxylation sites is 1. The van der Waals surface area contributed by atoms with Crippen LogP contribution in [0.1, 0.15) is 20.7 Å². The van der Waals surface area contributed by atoms with Crippen molar-refractivity contribution in [1.29, 1.82) is 0 Å². The zero-order valence-corrected chi connectivity index (χ0v) is 17.2. The van der Waals surface area contributed by atoms with Crippen LogP contribution in [0.5, 0.6) is 11.5 Å². The highest BCUT2D eigenvalue weighted by Gasteiger charge is 2.12. The van der Waals surface area contributed by atoms with Crippen molar-refractivity contribution in [3.8, 4) is 11.5 Å². The molecule has 1 N–H and O–H groups in total. The van der Waals surface area contributed by atoms with Gasteiger partial charge in [0, 0.05) is 25.3 Å². The average molecular weight is 418 g/mol. The molecule has 0 unspecified atom stereocenters. The van der Waals surface area contributed by atoms with E-state index in [0.29, 0.717) is 28.3 Å². The third-order valence-electron chi connectivity index (χ3n) is 4.23. The summed E-state index contributed by atoms with van der Waals surface area (Å²) in [6.07, 6.45) is 0. The molecule has 158 valence electrons. The highest BCUT2D eigenvalue weighted by atomic mass is 16.5. The Bertz CT molecular complexity index is 1050. The Balaban J connectivity index is 1.48. The van der Waals surface area contributed by atoms with Crippen LogP contribution < -0.4 is 10.1 Å². The number of hydrogen-bond acceptors (Lipinski definition) is 5. The number of benzene rings is 3. The van der Waals surface area contributed by atoms with Gasteiger partial charge in [-0.05, 0) is 60.7 Å². The van der Waals surface area contributed by atoms with Gasteiger partial charge in [0.05, 0.1) is 5.56 Å². The molecule has 31 heavy (non-hydrogen) atoms. The molecule has 0 fully saturated rings. The molecule has 0 aliphatic carbocycles. The first-order valence-electron chi connectivity index (χ1n) is 9.54. The molecule has 3 rings (SSSR count). The zero-order valence-electron chi connectivity index (χ0n) is 17.2. The van der Waals surface area contributed by atoms with Crippen LogP contribution in [0.3, 0.4) is 0 Å². The summed E-state index contributed by atoms with van der Waals surface area (Å²) < 4.78 is 10.7. The van der Waals surface area contributed by atoms with Crippen molar-refractivity contribution < 1.29 is 23.9 Å². The molecule has 0 saturated heterocycles. The number of rotatable bonds is 7. The lowest BCUT2D eigenvalue weighted by molar-refractivity contribution is -0.119. The van der Waals surface area contributed by atoms with Gasteiger partial charge in [-0.1, -0.05) is 18.2 Å². The maximum atomic E-state index is 12.2. The Morgan fingerprint density at radius 1 is 0.774 bits per heavy atom. The van der Waals surface area contributed by atoms with E-state index in [0.717, 1.165) is 0 Å². The predicted octanol–water partition coefficient (Wildman–Crippen LogP) is 3.98. The van der Waals surface area contributed by atoms with Gasteiger partial charge in [0.25, 0.3) is 11.8 Å². The van der Waals surface area contributed by atoms with E-state index in [4.69, 9.17) is 9.47 Å². The van der Waals surface area contributed by atoms with Crippen molar-refractivity contribution in [2.24, 2.45) is 0 Å². The number of nitrogens with zero attached hydrogens (tertiary/aromatic N) is 1. The van der Waals surface area contributed by atoms with Crippen LogP contribution in [0.4, 0.5) is 5.69 Å².